The third-order valence-corrected chi connectivity index (χ3v) is 13.2. The third kappa shape index (κ3) is 18.3. The second kappa shape index (κ2) is 18.1. The van der Waals surface area contributed by atoms with Gasteiger partial charge in [0.1, 0.15) is 0 Å². The van der Waals surface area contributed by atoms with Gasteiger partial charge in [0.25, 0.3) is 0 Å². The van der Waals surface area contributed by atoms with Gasteiger partial charge < -0.3 is 8.85 Å². The van der Waals surface area contributed by atoms with Crippen LogP contribution in [0.3, 0.4) is 0 Å². The molecule has 0 fully saturated rings. The van der Waals surface area contributed by atoms with Gasteiger partial charge in [0.2, 0.25) is 0 Å². The summed E-state index contributed by atoms with van der Waals surface area (Å²) in [6.45, 7) is 32.8. The van der Waals surface area contributed by atoms with E-state index in [4.69, 9.17) is 8.85 Å². The molecular formula is C18H38Br2Ni2O2Si2. The topological polar surface area (TPSA) is 18.5 Å². The van der Waals surface area contributed by atoms with Gasteiger partial charge in [-0.05, 0) is 63.0 Å². The zero-order valence-electron chi connectivity index (χ0n) is 17.9. The quantitative estimate of drug-likeness (QED) is 0.280. The molecule has 6 radical (unpaired) electrons. The molecule has 0 bridgehead atoms. The fourth-order valence-electron chi connectivity index (χ4n) is 0.790. The van der Waals surface area contributed by atoms with Crippen molar-refractivity contribution < 1.29 is 36.2 Å². The number of halogens is 2. The molecule has 0 unspecified atom stereocenters. The first-order chi connectivity index (χ1) is 11.6. The molecule has 0 rings (SSSR count). The van der Waals surface area contributed by atoms with Gasteiger partial charge in [-0.25, -0.2) is 0 Å². The van der Waals surface area contributed by atoms with Gasteiger partial charge in [0, 0.05) is 0 Å². The molecule has 0 spiro atoms. The molecule has 26 heavy (non-hydrogen) atoms. The molecule has 0 saturated heterocycles. The van der Waals surface area contributed by atoms with E-state index in [9.17, 15) is 0 Å². The summed E-state index contributed by atoms with van der Waals surface area (Å²) in [5, 5.41) is 0.568. The fourth-order valence-corrected chi connectivity index (χ4v) is 2.37. The predicted octanol–water partition coefficient (Wildman–Crippen LogP) is 8.10. The average Bonchev–Trinajstić information content (AvgIpc) is 2.53. The second-order valence-electron chi connectivity index (χ2n) is 8.50. The molecule has 0 amide bonds. The molecule has 0 aliphatic heterocycles. The monoisotopic (exact) mass is 616 g/mol. The van der Waals surface area contributed by atoms with E-state index in [1.165, 1.54) is 0 Å². The molecule has 0 N–H and O–H groups in total. The average molecular weight is 620 g/mol. The summed E-state index contributed by atoms with van der Waals surface area (Å²) in [6, 6.07) is 0. The van der Waals surface area contributed by atoms with Crippen molar-refractivity contribution >= 4 is 45.1 Å². The predicted molar refractivity (Wildman–Crippen MR) is 122 cm³/mol. The van der Waals surface area contributed by atoms with Crippen LogP contribution in [0.25, 0.3) is 0 Å². The van der Waals surface area contributed by atoms with E-state index in [2.05, 4.69) is 137 Å². The van der Waals surface area contributed by atoms with Crippen LogP contribution in [-0.4, -0.2) is 16.6 Å². The van der Waals surface area contributed by atoms with Crippen LogP contribution < -0.4 is 0 Å². The summed E-state index contributed by atoms with van der Waals surface area (Å²) in [4.78, 5) is 0. The zero-order chi connectivity index (χ0) is 22.2. The van der Waals surface area contributed by atoms with Crippen molar-refractivity contribution in [2.24, 2.45) is 0 Å². The van der Waals surface area contributed by atoms with Crippen LogP contribution in [0.2, 0.25) is 36.3 Å². The van der Waals surface area contributed by atoms with Crippen LogP contribution in [0.4, 0.5) is 0 Å². The maximum atomic E-state index is 5.64. The van der Waals surface area contributed by atoms with Gasteiger partial charge in [-0.2, -0.15) is 0 Å². The first kappa shape index (κ1) is 35.7. The fraction of sp³-hybridized carbons (Fsp3) is 0.667. The number of hydrogen-bond donors (Lipinski definition) is 0. The molecule has 0 aliphatic rings. The molecular weight excluding hydrogens is 582 g/mol. The number of hydrogen-bond acceptors (Lipinski definition) is 2. The van der Waals surface area contributed by atoms with Crippen molar-refractivity contribution in [1.29, 1.82) is 0 Å². The number of rotatable bonds is 6. The van der Waals surface area contributed by atoms with Crippen molar-refractivity contribution in [3.63, 3.8) is 0 Å². The Bertz CT molecular complexity index is 277. The Balaban J connectivity index is -0.000000156. The molecule has 0 aliphatic carbocycles. The Hall–Kier alpha value is 2.30. The van der Waals surface area contributed by atoms with Crippen LogP contribution in [-0.2, 0) is 36.2 Å². The molecule has 0 aromatic heterocycles. The summed E-state index contributed by atoms with van der Waals surface area (Å²) in [5.74, 6) is 0. The minimum absolute atomic E-state index is 0.284. The van der Waals surface area contributed by atoms with E-state index in [-0.39, 0.29) is 10.1 Å². The van der Waals surface area contributed by atoms with E-state index < -0.39 is 16.6 Å². The first-order valence-electron chi connectivity index (χ1n) is 8.10. The third-order valence-electron chi connectivity index (χ3n) is 4.53. The van der Waals surface area contributed by atoms with E-state index in [1.807, 2.05) is 0 Å². The van der Waals surface area contributed by atoms with Gasteiger partial charge in [-0.15, -0.1) is 0 Å². The van der Waals surface area contributed by atoms with Crippen LogP contribution in [0, 0.1) is 39.9 Å². The van der Waals surface area contributed by atoms with E-state index >= 15 is 0 Å². The Morgan fingerprint density at radius 1 is 0.654 bits per heavy atom. The molecule has 0 heterocycles. The van der Waals surface area contributed by atoms with Crippen molar-refractivity contribution in [2.75, 3.05) is 0 Å². The van der Waals surface area contributed by atoms with Crippen LogP contribution >= 0.6 is 28.5 Å². The van der Waals surface area contributed by atoms with Crippen molar-refractivity contribution in [3.05, 3.63) is 39.9 Å². The van der Waals surface area contributed by atoms with Gasteiger partial charge >= 0.3 is 55.8 Å². The maximum absolute atomic E-state index is 5.64. The molecule has 0 saturated carbocycles. The summed E-state index contributed by atoms with van der Waals surface area (Å²) >= 11 is 12.5. The molecule has 0 atom stereocenters. The van der Waals surface area contributed by atoms with Gasteiger partial charge in [0.15, 0.2) is 16.6 Å². The van der Waals surface area contributed by atoms with Crippen LogP contribution in [0.1, 0.15) is 41.5 Å². The minimum atomic E-state index is -1.55. The summed E-state index contributed by atoms with van der Waals surface area (Å²) in [7, 11) is -3.11. The van der Waals surface area contributed by atoms with Crippen molar-refractivity contribution in [3.8, 4) is 0 Å². The first-order valence-corrected chi connectivity index (χ1v) is 18.8. The summed E-state index contributed by atoms with van der Waals surface area (Å²) in [6.07, 6.45) is 3.39. The Morgan fingerprint density at radius 2 is 0.846 bits per heavy atom. The van der Waals surface area contributed by atoms with Gasteiger partial charge in [-0.1, -0.05) is 41.5 Å². The zero-order valence-corrected chi connectivity index (χ0v) is 25.1. The van der Waals surface area contributed by atoms with Crippen molar-refractivity contribution in [1.82, 2.24) is 0 Å². The molecule has 0 aromatic rings. The molecule has 2 nitrogen and oxygen atoms in total. The second-order valence-corrected chi connectivity index (χ2v) is 18.0. The standard InChI is InChI=1S/2C9H19OSi.2BrH.2Ni/c2*1-7-8-10-11(5,6)9(2,3)4;;;;/h2*7-8H,1H2,2-6H3;2*1H;;/q;;;;2*+1/p-2. The van der Waals surface area contributed by atoms with Crippen molar-refractivity contribution in [2.45, 2.75) is 77.8 Å². The van der Waals surface area contributed by atoms with Crippen LogP contribution in [0.5, 0.6) is 0 Å². The van der Waals surface area contributed by atoms with E-state index in [0.717, 1.165) is 0 Å². The van der Waals surface area contributed by atoms with Gasteiger partial charge in [-0.3, -0.25) is 0 Å². The molecule has 164 valence electrons. The molecule has 8 heteroatoms. The molecule has 0 aromatic carbocycles. The van der Waals surface area contributed by atoms with Crippen LogP contribution in [0.15, 0.2) is 0 Å². The summed E-state index contributed by atoms with van der Waals surface area (Å²) in [5.41, 5.74) is 0. The Labute approximate surface area is 197 Å². The SMILES string of the molecule is [CH2][CH][CH]O[Si](C)(C)C(C)(C)C.[CH2][CH][CH]O[Si](C)(C)C(C)(C)C.[Ni][Br].[Ni][Br]. The Kier molecular flexibility index (Phi) is 24.9. The van der Waals surface area contributed by atoms with E-state index in [1.54, 1.807) is 26.1 Å². The Morgan fingerprint density at radius 3 is 0.962 bits per heavy atom. The van der Waals surface area contributed by atoms with E-state index in [0.29, 0.717) is 0 Å². The van der Waals surface area contributed by atoms with Gasteiger partial charge in [0.05, 0.1) is 13.2 Å². The normalized spacial score (nSPS) is 12.1. The summed E-state index contributed by atoms with van der Waals surface area (Å²) < 4.78 is 11.3.